The van der Waals surface area contributed by atoms with Gasteiger partial charge in [0.15, 0.2) is 0 Å². The van der Waals surface area contributed by atoms with E-state index in [0.29, 0.717) is 12.0 Å². The van der Waals surface area contributed by atoms with Crippen LogP contribution in [0, 0.1) is 22.7 Å². The van der Waals surface area contributed by atoms with E-state index in [4.69, 9.17) is 4.74 Å². The summed E-state index contributed by atoms with van der Waals surface area (Å²) in [6.07, 6.45) is 4.84. The first-order chi connectivity index (χ1) is 8.37. The van der Waals surface area contributed by atoms with Crippen molar-refractivity contribution in [2.24, 2.45) is 22.7 Å². The van der Waals surface area contributed by atoms with E-state index in [1.165, 1.54) is 12.0 Å². The van der Waals surface area contributed by atoms with Crippen LogP contribution in [0.1, 0.15) is 46.5 Å². The molecule has 2 fully saturated rings. The summed E-state index contributed by atoms with van der Waals surface area (Å²) in [4.78, 5) is 0. The normalized spacial score (nSPS) is 43.6. The van der Waals surface area contributed by atoms with E-state index in [1.807, 2.05) is 7.11 Å². The number of hydrogen-bond acceptors (Lipinski definition) is 2. The molecule has 4 atom stereocenters. The van der Waals surface area contributed by atoms with Gasteiger partial charge in [-0.3, -0.25) is 0 Å². The standard InChI is InChI=1S/C16H28O2/c1-11-6-7-13-15(2,3)14(18-5)8-9-16(13,4)12(11)10-17/h12-14,17H,1,6-10H2,2-5H3/t12-,13+,14+,16-/m1/s1. The third-order valence-electron chi connectivity index (χ3n) is 5.98. The molecule has 18 heavy (non-hydrogen) atoms. The van der Waals surface area contributed by atoms with Gasteiger partial charge in [0, 0.05) is 13.0 Å². The van der Waals surface area contributed by atoms with Crippen molar-refractivity contribution in [3.05, 3.63) is 12.2 Å². The number of fused-ring (bicyclic) bond motifs is 1. The summed E-state index contributed by atoms with van der Waals surface area (Å²) in [5.74, 6) is 0.889. The van der Waals surface area contributed by atoms with E-state index in [1.54, 1.807) is 0 Å². The highest BCUT2D eigenvalue weighted by Gasteiger charge is 2.56. The van der Waals surface area contributed by atoms with Gasteiger partial charge in [-0.25, -0.2) is 0 Å². The Kier molecular flexibility index (Phi) is 3.63. The third-order valence-corrected chi connectivity index (χ3v) is 5.98. The van der Waals surface area contributed by atoms with Crippen LogP contribution in [-0.2, 0) is 4.74 Å². The SMILES string of the molecule is C=C1CC[C@H]2C(C)(C)[C@@H](OC)CC[C@]2(C)[C@@H]1CO. The molecule has 2 aliphatic rings. The zero-order valence-corrected chi connectivity index (χ0v) is 12.3. The van der Waals surface area contributed by atoms with E-state index in [2.05, 4.69) is 27.4 Å². The highest BCUT2D eigenvalue weighted by atomic mass is 16.5. The summed E-state index contributed by atoms with van der Waals surface area (Å²) >= 11 is 0. The van der Waals surface area contributed by atoms with E-state index in [-0.39, 0.29) is 23.4 Å². The van der Waals surface area contributed by atoms with Crippen molar-refractivity contribution >= 4 is 0 Å². The van der Waals surface area contributed by atoms with Crippen LogP contribution < -0.4 is 0 Å². The molecular weight excluding hydrogens is 224 g/mol. The van der Waals surface area contributed by atoms with Crippen molar-refractivity contribution in [2.45, 2.75) is 52.6 Å². The smallest absolute Gasteiger partial charge is 0.0625 e. The molecule has 0 unspecified atom stereocenters. The Hall–Kier alpha value is -0.340. The summed E-state index contributed by atoms with van der Waals surface area (Å²) in [5.41, 5.74) is 1.64. The van der Waals surface area contributed by atoms with Crippen LogP contribution in [0.5, 0.6) is 0 Å². The molecule has 2 aliphatic carbocycles. The molecule has 0 aromatic rings. The topological polar surface area (TPSA) is 29.5 Å². The minimum absolute atomic E-state index is 0.190. The lowest BCUT2D eigenvalue weighted by atomic mass is 9.47. The Labute approximate surface area is 111 Å². The van der Waals surface area contributed by atoms with Gasteiger partial charge in [-0.05, 0) is 42.4 Å². The Morgan fingerprint density at radius 3 is 2.56 bits per heavy atom. The summed E-state index contributed by atoms with van der Waals surface area (Å²) in [6.45, 7) is 11.5. The lowest BCUT2D eigenvalue weighted by Gasteiger charge is -2.59. The van der Waals surface area contributed by atoms with Crippen LogP contribution in [0.2, 0.25) is 0 Å². The zero-order chi connectivity index (χ0) is 13.6. The third kappa shape index (κ3) is 1.85. The quantitative estimate of drug-likeness (QED) is 0.763. The van der Waals surface area contributed by atoms with Crippen LogP contribution >= 0.6 is 0 Å². The van der Waals surface area contributed by atoms with Gasteiger partial charge in [0.25, 0.3) is 0 Å². The van der Waals surface area contributed by atoms with Crippen molar-refractivity contribution in [2.75, 3.05) is 13.7 Å². The highest BCUT2D eigenvalue weighted by Crippen LogP contribution is 2.61. The van der Waals surface area contributed by atoms with Crippen LogP contribution in [-0.4, -0.2) is 24.9 Å². The number of aliphatic hydroxyl groups is 1. The Bertz CT molecular complexity index is 334. The average molecular weight is 252 g/mol. The number of ether oxygens (including phenoxy) is 1. The first kappa shape index (κ1) is 14.1. The van der Waals surface area contributed by atoms with Crippen molar-refractivity contribution in [3.63, 3.8) is 0 Å². The van der Waals surface area contributed by atoms with Crippen LogP contribution in [0.15, 0.2) is 12.2 Å². The molecule has 0 saturated heterocycles. The number of hydrogen-bond donors (Lipinski definition) is 1. The number of rotatable bonds is 2. The first-order valence-electron chi connectivity index (χ1n) is 7.19. The largest absolute Gasteiger partial charge is 0.396 e. The van der Waals surface area contributed by atoms with Gasteiger partial charge in [-0.1, -0.05) is 32.9 Å². The van der Waals surface area contributed by atoms with Crippen molar-refractivity contribution < 1.29 is 9.84 Å². The van der Waals surface area contributed by atoms with Gasteiger partial charge >= 0.3 is 0 Å². The molecule has 2 saturated carbocycles. The monoisotopic (exact) mass is 252 g/mol. The molecule has 0 spiro atoms. The number of methoxy groups -OCH3 is 1. The van der Waals surface area contributed by atoms with Crippen molar-refractivity contribution in [1.82, 2.24) is 0 Å². The molecule has 2 heteroatoms. The summed E-state index contributed by atoms with van der Waals surface area (Å²) in [6, 6.07) is 0. The van der Waals surface area contributed by atoms with Crippen LogP contribution in [0.3, 0.4) is 0 Å². The molecule has 0 bridgehead atoms. The predicted molar refractivity (Wildman–Crippen MR) is 74.4 cm³/mol. The molecular formula is C16H28O2. The minimum Gasteiger partial charge on any atom is -0.396 e. The Morgan fingerprint density at radius 1 is 1.33 bits per heavy atom. The van der Waals surface area contributed by atoms with Crippen molar-refractivity contribution in [3.8, 4) is 0 Å². The molecule has 0 aromatic carbocycles. The van der Waals surface area contributed by atoms with E-state index < -0.39 is 0 Å². The van der Waals surface area contributed by atoms with Crippen molar-refractivity contribution in [1.29, 1.82) is 0 Å². The second-order valence-electron chi connectivity index (χ2n) is 7.07. The van der Waals surface area contributed by atoms with Gasteiger partial charge in [0.1, 0.15) is 0 Å². The summed E-state index contributed by atoms with van der Waals surface area (Å²) in [7, 11) is 1.83. The van der Waals surface area contributed by atoms with Crippen LogP contribution in [0.4, 0.5) is 0 Å². The van der Waals surface area contributed by atoms with E-state index in [0.717, 1.165) is 19.3 Å². The zero-order valence-electron chi connectivity index (χ0n) is 12.3. The lowest BCUT2D eigenvalue weighted by molar-refractivity contribution is -0.141. The summed E-state index contributed by atoms with van der Waals surface area (Å²) < 4.78 is 5.71. The molecule has 2 rings (SSSR count). The minimum atomic E-state index is 0.190. The molecule has 104 valence electrons. The Morgan fingerprint density at radius 2 is 2.00 bits per heavy atom. The molecule has 0 heterocycles. The Balaban J connectivity index is 2.35. The van der Waals surface area contributed by atoms with Gasteiger partial charge in [-0.2, -0.15) is 0 Å². The second-order valence-corrected chi connectivity index (χ2v) is 7.07. The highest BCUT2D eigenvalue weighted by molar-refractivity contribution is 5.16. The molecule has 0 amide bonds. The van der Waals surface area contributed by atoms with E-state index >= 15 is 0 Å². The second kappa shape index (κ2) is 4.64. The number of aliphatic hydroxyl groups excluding tert-OH is 1. The molecule has 0 aliphatic heterocycles. The van der Waals surface area contributed by atoms with Gasteiger partial charge < -0.3 is 9.84 Å². The fourth-order valence-corrected chi connectivity index (χ4v) is 4.91. The fraction of sp³-hybridized carbons (Fsp3) is 0.875. The first-order valence-corrected chi connectivity index (χ1v) is 7.19. The maximum Gasteiger partial charge on any atom is 0.0625 e. The molecule has 1 N–H and O–H groups in total. The molecule has 0 radical (unpaired) electrons. The average Bonchev–Trinajstić information content (AvgIpc) is 2.28. The van der Waals surface area contributed by atoms with Crippen LogP contribution in [0.25, 0.3) is 0 Å². The maximum atomic E-state index is 9.77. The van der Waals surface area contributed by atoms with Gasteiger partial charge in [-0.15, -0.1) is 0 Å². The van der Waals surface area contributed by atoms with E-state index in [9.17, 15) is 5.11 Å². The molecule has 0 aromatic heterocycles. The predicted octanol–water partition coefficient (Wildman–Crippen LogP) is 3.40. The molecule has 2 nitrogen and oxygen atoms in total. The van der Waals surface area contributed by atoms with Gasteiger partial charge in [0.2, 0.25) is 0 Å². The lowest BCUT2D eigenvalue weighted by Crippen LogP contribution is -2.55. The van der Waals surface area contributed by atoms with Gasteiger partial charge in [0.05, 0.1) is 12.7 Å². The maximum absolute atomic E-state index is 9.77. The summed E-state index contributed by atoms with van der Waals surface area (Å²) in [5, 5.41) is 9.77. The fourth-order valence-electron chi connectivity index (χ4n) is 4.91.